The van der Waals surface area contributed by atoms with E-state index in [-0.39, 0.29) is 11.4 Å². The summed E-state index contributed by atoms with van der Waals surface area (Å²) in [5.41, 5.74) is 0.759. The van der Waals surface area contributed by atoms with E-state index < -0.39 is 5.97 Å². The number of nitrogens with zero attached hydrogens (tertiary/aromatic N) is 2. The van der Waals surface area contributed by atoms with Crippen LogP contribution < -0.4 is 4.74 Å². The third kappa shape index (κ3) is 2.85. The lowest BCUT2D eigenvalue weighted by Gasteiger charge is -2.08. The van der Waals surface area contributed by atoms with E-state index >= 15 is 0 Å². The van der Waals surface area contributed by atoms with E-state index in [1.54, 1.807) is 18.3 Å². The van der Waals surface area contributed by atoms with Crippen molar-refractivity contribution in [2.24, 2.45) is 0 Å². The second-order valence-electron chi connectivity index (χ2n) is 4.27. The Labute approximate surface area is 128 Å². The van der Waals surface area contributed by atoms with Crippen molar-refractivity contribution < 1.29 is 14.6 Å². The van der Waals surface area contributed by atoms with Crippen molar-refractivity contribution in [2.45, 2.75) is 0 Å². The topological polar surface area (TPSA) is 72.3 Å². The lowest BCUT2D eigenvalue weighted by molar-refractivity contribution is 0.0693. The maximum atomic E-state index is 11.2. The van der Waals surface area contributed by atoms with Gasteiger partial charge in [0.05, 0.1) is 5.52 Å². The predicted octanol–water partition coefficient (Wildman–Crippen LogP) is 3.88. The van der Waals surface area contributed by atoms with Crippen LogP contribution >= 0.6 is 15.9 Å². The van der Waals surface area contributed by atoms with Crippen LogP contribution in [0.25, 0.3) is 10.9 Å². The SMILES string of the molecule is O=C(O)c1cc(Br)cnc1Oc1ccc2cccnc2c1. The van der Waals surface area contributed by atoms with Gasteiger partial charge in [-0.1, -0.05) is 6.07 Å². The molecule has 2 aromatic heterocycles. The molecule has 0 aliphatic heterocycles. The molecule has 3 aromatic rings. The van der Waals surface area contributed by atoms with Crippen LogP contribution in [0.15, 0.2) is 53.3 Å². The third-order valence-corrected chi connectivity index (χ3v) is 3.27. The standard InChI is InChI=1S/C15H9BrN2O3/c16-10-6-12(15(19)20)14(18-8-10)21-11-4-3-9-2-1-5-17-13(9)7-11/h1-8H,(H,19,20). The molecule has 0 bridgehead atoms. The molecule has 0 saturated heterocycles. The number of pyridine rings is 2. The Morgan fingerprint density at radius 2 is 2.05 bits per heavy atom. The molecule has 3 rings (SSSR count). The quantitative estimate of drug-likeness (QED) is 0.780. The highest BCUT2D eigenvalue weighted by Gasteiger charge is 2.14. The van der Waals surface area contributed by atoms with Crippen LogP contribution in [0, 0.1) is 0 Å². The van der Waals surface area contributed by atoms with Crippen LogP contribution in [0.4, 0.5) is 0 Å². The summed E-state index contributed by atoms with van der Waals surface area (Å²) in [5.74, 6) is -0.572. The number of hydrogen-bond acceptors (Lipinski definition) is 4. The Hall–Kier alpha value is -2.47. The van der Waals surface area contributed by atoms with Crippen molar-refractivity contribution in [1.82, 2.24) is 9.97 Å². The van der Waals surface area contributed by atoms with Crippen LogP contribution in [0.3, 0.4) is 0 Å². The summed E-state index contributed by atoms with van der Waals surface area (Å²) in [5, 5.41) is 10.2. The van der Waals surface area contributed by atoms with Crippen LogP contribution in [-0.4, -0.2) is 21.0 Å². The number of halogens is 1. The fraction of sp³-hybridized carbons (Fsp3) is 0. The fourth-order valence-corrected chi connectivity index (χ4v) is 2.21. The maximum Gasteiger partial charge on any atom is 0.341 e. The van der Waals surface area contributed by atoms with Gasteiger partial charge in [0.1, 0.15) is 11.3 Å². The zero-order chi connectivity index (χ0) is 14.8. The molecule has 21 heavy (non-hydrogen) atoms. The van der Waals surface area contributed by atoms with Crippen molar-refractivity contribution >= 4 is 32.8 Å². The van der Waals surface area contributed by atoms with Gasteiger partial charge in [-0.15, -0.1) is 0 Å². The lowest BCUT2D eigenvalue weighted by atomic mass is 10.2. The largest absolute Gasteiger partial charge is 0.477 e. The normalized spacial score (nSPS) is 10.5. The van der Waals surface area contributed by atoms with Crippen LogP contribution in [-0.2, 0) is 0 Å². The minimum Gasteiger partial charge on any atom is -0.477 e. The van der Waals surface area contributed by atoms with Gasteiger partial charge in [0.25, 0.3) is 0 Å². The van der Waals surface area contributed by atoms with Gasteiger partial charge in [-0.25, -0.2) is 9.78 Å². The summed E-state index contributed by atoms with van der Waals surface area (Å²) in [6, 6.07) is 10.6. The molecule has 104 valence electrons. The first-order valence-corrected chi connectivity index (χ1v) is 6.84. The summed E-state index contributed by atoms with van der Waals surface area (Å²) >= 11 is 3.19. The van der Waals surface area contributed by atoms with Gasteiger partial charge < -0.3 is 9.84 Å². The fourth-order valence-electron chi connectivity index (χ4n) is 1.88. The van der Waals surface area contributed by atoms with E-state index in [4.69, 9.17) is 4.74 Å². The summed E-state index contributed by atoms with van der Waals surface area (Å²) in [7, 11) is 0. The molecule has 6 heteroatoms. The van der Waals surface area contributed by atoms with Gasteiger partial charge in [-0.3, -0.25) is 4.98 Å². The van der Waals surface area contributed by atoms with Gasteiger partial charge in [-0.05, 0) is 40.2 Å². The Bertz CT molecular complexity index is 836. The Kier molecular flexibility index (Phi) is 3.53. The smallest absolute Gasteiger partial charge is 0.341 e. The Balaban J connectivity index is 2.00. The first kappa shape index (κ1) is 13.5. The molecule has 0 spiro atoms. The minimum absolute atomic E-state index is 0.00880. The van der Waals surface area contributed by atoms with Gasteiger partial charge in [0, 0.05) is 28.3 Å². The van der Waals surface area contributed by atoms with Gasteiger partial charge >= 0.3 is 5.97 Å². The molecule has 0 radical (unpaired) electrons. The monoisotopic (exact) mass is 344 g/mol. The van der Waals surface area contributed by atoms with E-state index in [9.17, 15) is 9.90 Å². The molecular weight excluding hydrogens is 336 g/mol. The van der Waals surface area contributed by atoms with Crippen LogP contribution in [0.2, 0.25) is 0 Å². The van der Waals surface area contributed by atoms with Crippen LogP contribution in [0.5, 0.6) is 11.6 Å². The number of carboxylic acids is 1. The summed E-state index contributed by atoms with van der Waals surface area (Å²) in [4.78, 5) is 19.5. The molecule has 0 aliphatic carbocycles. The maximum absolute atomic E-state index is 11.2. The zero-order valence-electron chi connectivity index (χ0n) is 10.7. The first-order valence-electron chi connectivity index (χ1n) is 6.05. The molecule has 2 heterocycles. The first-order chi connectivity index (χ1) is 10.1. The number of carboxylic acid groups (broad SMARTS) is 1. The van der Waals surface area contributed by atoms with Crippen molar-refractivity contribution in [3.05, 3.63) is 58.8 Å². The molecule has 5 nitrogen and oxygen atoms in total. The van der Waals surface area contributed by atoms with Crippen molar-refractivity contribution in [2.75, 3.05) is 0 Å². The van der Waals surface area contributed by atoms with Crippen molar-refractivity contribution in [1.29, 1.82) is 0 Å². The second kappa shape index (κ2) is 5.49. The second-order valence-corrected chi connectivity index (χ2v) is 5.19. The molecule has 1 aromatic carbocycles. The molecule has 1 N–H and O–H groups in total. The van der Waals surface area contributed by atoms with Gasteiger partial charge in [0.2, 0.25) is 5.88 Å². The van der Waals surface area contributed by atoms with Crippen molar-refractivity contribution in [3.63, 3.8) is 0 Å². The molecule has 0 saturated carbocycles. The third-order valence-electron chi connectivity index (χ3n) is 2.84. The molecule has 0 unspecified atom stereocenters. The number of aromatic nitrogens is 2. The number of aromatic carboxylic acids is 1. The molecular formula is C15H9BrN2O3. The number of benzene rings is 1. The number of fused-ring (bicyclic) bond motifs is 1. The Morgan fingerprint density at radius 1 is 1.19 bits per heavy atom. The number of hydrogen-bond donors (Lipinski definition) is 1. The lowest BCUT2D eigenvalue weighted by Crippen LogP contribution is -2.02. The number of carbonyl (C=O) groups is 1. The van der Waals surface area contributed by atoms with Gasteiger partial charge in [0.15, 0.2) is 0 Å². The summed E-state index contributed by atoms with van der Waals surface area (Å²) in [6.07, 6.45) is 3.17. The average Bonchev–Trinajstić information content (AvgIpc) is 2.49. The summed E-state index contributed by atoms with van der Waals surface area (Å²) in [6.45, 7) is 0. The number of rotatable bonds is 3. The van der Waals surface area contributed by atoms with E-state index in [0.717, 1.165) is 10.9 Å². The van der Waals surface area contributed by atoms with E-state index in [0.29, 0.717) is 10.2 Å². The number of ether oxygens (including phenoxy) is 1. The van der Waals surface area contributed by atoms with Crippen LogP contribution in [0.1, 0.15) is 10.4 Å². The molecule has 0 fully saturated rings. The van der Waals surface area contributed by atoms with E-state index in [1.165, 1.54) is 12.3 Å². The van der Waals surface area contributed by atoms with Crippen molar-refractivity contribution in [3.8, 4) is 11.6 Å². The zero-order valence-corrected chi connectivity index (χ0v) is 12.2. The Morgan fingerprint density at radius 3 is 2.86 bits per heavy atom. The van der Waals surface area contributed by atoms with Gasteiger partial charge in [-0.2, -0.15) is 0 Å². The highest BCUT2D eigenvalue weighted by atomic mass is 79.9. The highest BCUT2D eigenvalue weighted by Crippen LogP contribution is 2.27. The molecule has 0 atom stereocenters. The average molecular weight is 345 g/mol. The molecule has 0 aliphatic rings. The highest BCUT2D eigenvalue weighted by molar-refractivity contribution is 9.10. The minimum atomic E-state index is -1.10. The predicted molar refractivity (Wildman–Crippen MR) is 80.7 cm³/mol. The van der Waals surface area contributed by atoms with E-state index in [2.05, 4.69) is 25.9 Å². The van der Waals surface area contributed by atoms with E-state index in [1.807, 2.05) is 18.2 Å². The molecule has 0 amide bonds. The summed E-state index contributed by atoms with van der Waals surface area (Å²) < 4.78 is 6.16.